The van der Waals surface area contributed by atoms with Crippen LogP contribution >= 0.6 is 60.1 Å². The minimum atomic E-state index is -0.674. The van der Waals surface area contributed by atoms with E-state index in [1.165, 1.54) is 19.3 Å². The molecule has 0 radical (unpaired) electrons. The smallest absolute Gasteiger partial charge is 0.248 e. The molecule has 0 aromatic rings. The van der Waals surface area contributed by atoms with Gasteiger partial charge in [0.1, 0.15) is 0 Å². The van der Waals surface area contributed by atoms with Crippen LogP contribution in [0.4, 0.5) is 0 Å². The van der Waals surface area contributed by atoms with Gasteiger partial charge in [0.05, 0.1) is 6.10 Å². The fourth-order valence-electron chi connectivity index (χ4n) is 1.28. The molecule has 0 spiro atoms. The number of halogens is 3. The fraction of sp³-hybridized carbons (Fsp3) is 1.00. The molecule has 78 valence electrons. The van der Waals surface area contributed by atoms with Crippen LogP contribution in [0.2, 0.25) is 0 Å². The highest BCUT2D eigenvalue weighted by Gasteiger charge is 2.21. The molecule has 0 unspecified atom stereocenters. The Hall–Kier alpha value is 1.71. The summed E-state index contributed by atoms with van der Waals surface area (Å²) in [4.78, 5) is 0. The van der Waals surface area contributed by atoms with E-state index in [0.717, 1.165) is 25.2 Å². The number of rotatable bonds is 3. The van der Waals surface area contributed by atoms with Gasteiger partial charge in [-0.25, -0.2) is 0 Å². The summed E-state index contributed by atoms with van der Waals surface area (Å²) in [5.74, 6) is 0. The standard InChI is InChI=1S/C7H11Br3O2S/c8-7(9,10)12-13-11-6-4-2-1-3-5-6/h6H,1-5H2. The molecule has 1 fully saturated rings. The molecular formula is C7H11Br3O2S. The lowest BCUT2D eigenvalue weighted by Gasteiger charge is -2.21. The van der Waals surface area contributed by atoms with Gasteiger partial charge in [0.25, 0.3) is 0 Å². The quantitative estimate of drug-likeness (QED) is 0.506. The van der Waals surface area contributed by atoms with Crippen molar-refractivity contribution in [3.8, 4) is 0 Å². The van der Waals surface area contributed by atoms with Gasteiger partial charge >= 0.3 is 0 Å². The minimum absolute atomic E-state index is 0.355. The van der Waals surface area contributed by atoms with E-state index in [4.69, 9.17) is 8.37 Å². The van der Waals surface area contributed by atoms with E-state index in [0.29, 0.717) is 6.10 Å². The van der Waals surface area contributed by atoms with E-state index in [9.17, 15) is 0 Å². The topological polar surface area (TPSA) is 18.5 Å². The van der Waals surface area contributed by atoms with Crippen molar-refractivity contribution < 1.29 is 8.37 Å². The van der Waals surface area contributed by atoms with Crippen LogP contribution in [0.5, 0.6) is 0 Å². The first-order valence-corrected chi connectivity index (χ1v) is 7.20. The summed E-state index contributed by atoms with van der Waals surface area (Å²) < 4.78 is 9.97. The minimum Gasteiger partial charge on any atom is -0.288 e. The third-order valence-corrected chi connectivity index (χ3v) is 3.65. The average Bonchev–Trinajstić information content (AvgIpc) is 2.04. The Morgan fingerprint density at radius 3 is 2.23 bits per heavy atom. The first kappa shape index (κ1) is 12.8. The summed E-state index contributed by atoms with van der Waals surface area (Å²) in [6.45, 7) is 0. The van der Waals surface area contributed by atoms with Crippen molar-refractivity contribution in [3.63, 3.8) is 0 Å². The first-order chi connectivity index (χ1) is 6.08. The van der Waals surface area contributed by atoms with Gasteiger partial charge in [0, 0.05) is 0 Å². The molecule has 0 atom stereocenters. The Kier molecular flexibility index (Phi) is 6.22. The van der Waals surface area contributed by atoms with Gasteiger partial charge in [0.15, 0.2) is 12.3 Å². The van der Waals surface area contributed by atoms with E-state index in [1.54, 1.807) is 0 Å². The van der Waals surface area contributed by atoms with Gasteiger partial charge in [-0.2, -0.15) is 0 Å². The molecule has 0 N–H and O–H groups in total. The van der Waals surface area contributed by atoms with Crippen LogP contribution in [0.25, 0.3) is 0 Å². The van der Waals surface area contributed by atoms with Crippen LogP contribution in [-0.4, -0.2) is 8.43 Å². The second-order valence-corrected chi connectivity index (χ2v) is 9.99. The van der Waals surface area contributed by atoms with Crippen LogP contribution in [0, 0.1) is 0 Å². The number of hydrogen-bond acceptors (Lipinski definition) is 3. The second-order valence-electron chi connectivity index (χ2n) is 2.95. The predicted octanol–water partition coefficient (Wildman–Crippen LogP) is 4.71. The third-order valence-electron chi connectivity index (χ3n) is 1.86. The molecule has 0 bridgehead atoms. The van der Waals surface area contributed by atoms with Crippen molar-refractivity contribution in [2.75, 3.05) is 0 Å². The Balaban J connectivity index is 2.04. The molecule has 13 heavy (non-hydrogen) atoms. The molecule has 0 amide bonds. The molecule has 1 saturated carbocycles. The lowest BCUT2D eigenvalue weighted by atomic mass is 9.98. The maximum Gasteiger partial charge on any atom is 0.248 e. The van der Waals surface area contributed by atoms with Crippen LogP contribution in [0.1, 0.15) is 32.1 Å². The van der Waals surface area contributed by atoms with Gasteiger partial charge in [-0.15, -0.1) is 0 Å². The summed E-state index contributed by atoms with van der Waals surface area (Å²) >= 11 is 10.7. The zero-order valence-electron chi connectivity index (χ0n) is 6.97. The Bertz CT molecular complexity index is 145. The molecule has 0 aromatic heterocycles. The first-order valence-electron chi connectivity index (χ1n) is 4.16. The molecule has 6 heteroatoms. The van der Waals surface area contributed by atoms with Gasteiger partial charge < -0.3 is 0 Å². The predicted molar refractivity (Wildman–Crippen MR) is 66.1 cm³/mol. The maximum absolute atomic E-state index is 5.46. The zero-order valence-corrected chi connectivity index (χ0v) is 12.5. The van der Waals surface area contributed by atoms with Gasteiger partial charge in [-0.1, -0.05) is 19.3 Å². The highest BCUT2D eigenvalue weighted by Crippen LogP contribution is 2.39. The normalized spacial score (nSPS) is 20.5. The highest BCUT2D eigenvalue weighted by atomic mass is 80.0. The largest absolute Gasteiger partial charge is 0.288 e. The Morgan fingerprint density at radius 1 is 1.08 bits per heavy atom. The molecule has 1 aliphatic carbocycles. The van der Waals surface area contributed by atoms with Crippen molar-refractivity contribution in [2.45, 2.75) is 40.5 Å². The van der Waals surface area contributed by atoms with Crippen LogP contribution < -0.4 is 0 Å². The van der Waals surface area contributed by atoms with Crippen LogP contribution in [0.3, 0.4) is 0 Å². The molecule has 1 rings (SSSR count). The lowest BCUT2D eigenvalue weighted by molar-refractivity contribution is 0.165. The van der Waals surface area contributed by atoms with Crippen molar-refractivity contribution in [3.05, 3.63) is 0 Å². The van der Waals surface area contributed by atoms with Crippen molar-refractivity contribution >= 4 is 60.1 Å². The van der Waals surface area contributed by atoms with E-state index < -0.39 is 2.33 Å². The van der Waals surface area contributed by atoms with Gasteiger partial charge in [-0.05, 0) is 60.6 Å². The molecule has 1 aliphatic rings. The van der Waals surface area contributed by atoms with E-state index in [2.05, 4.69) is 47.8 Å². The summed E-state index contributed by atoms with van der Waals surface area (Å²) in [7, 11) is 0. The van der Waals surface area contributed by atoms with E-state index in [-0.39, 0.29) is 0 Å². The summed E-state index contributed by atoms with van der Waals surface area (Å²) in [6, 6.07) is 0. The molecular weight excluding hydrogens is 388 g/mol. The number of hydrogen-bond donors (Lipinski definition) is 0. The fourth-order valence-corrected chi connectivity index (χ4v) is 2.18. The van der Waals surface area contributed by atoms with E-state index in [1.807, 2.05) is 0 Å². The third kappa shape index (κ3) is 6.73. The summed E-state index contributed by atoms with van der Waals surface area (Å²) in [5, 5.41) is 0. The SMILES string of the molecule is BrC(Br)(Br)OSOC1CCCCC1. The zero-order chi connectivity index (χ0) is 9.73. The monoisotopic (exact) mass is 396 g/mol. The van der Waals surface area contributed by atoms with Crippen LogP contribution in [-0.2, 0) is 8.37 Å². The van der Waals surface area contributed by atoms with Crippen molar-refractivity contribution in [2.24, 2.45) is 0 Å². The van der Waals surface area contributed by atoms with Crippen LogP contribution in [0.15, 0.2) is 0 Å². The summed E-state index contributed by atoms with van der Waals surface area (Å²) in [5.41, 5.74) is 0. The van der Waals surface area contributed by atoms with E-state index >= 15 is 0 Å². The van der Waals surface area contributed by atoms with Crippen molar-refractivity contribution in [1.82, 2.24) is 0 Å². The molecule has 0 aliphatic heterocycles. The highest BCUT2D eigenvalue weighted by molar-refractivity contribution is 9.39. The van der Waals surface area contributed by atoms with Gasteiger partial charge in [0.2, 0.25) is 2.33 Å². The molecule has 2 nitrogen and oxygen atoms in total. The summed E-state index contributed by atoms with van der Waals surface area (Å²) in [6.07, 6.45) is 6.53. The lowest BCUT2D eigenvalue weighted by Crippen LogP contribution is -2.14. The Labute approximate surface area is 108 Å². The Morgan fingerprint density at radius 2 is 1.69 bits per heavy atom. The maximum atomic E-state index is 5.46. The van der Waals surface area contributed by atoms with Crippen molar-refractivity contribution in [1.29, 1.82) is 0 Å². The second kappa shape index (κ2) is 6.33. The molecule has 0 saturated heterocycles. The molecule has 0 heterocycles. The molecule has 0 aromatic carbocycles. The average molecular weight is 399 g/mol. The van der Waals surface area contributed by atoms with Gasteiger partial charge in [-0.3, -0.25) is 8.37 Å². The number of alkyl halides is 3.